The number of anilines is 3. The molecule has 9 nitrogen and oxygen atoms in total. The minimum Gasteiger partial charge on any atom is -0.364 e. The zero-order valence-corrected chi connectivity index (χ0v) is 17.8. The van der Waals surface area contributed by atoms with Gasteiger partial charge in [-0.2, -0.15) is 10.1 Å². The maximum absolute atomic E-state index is 12.9. The number of halogens is 2. The number of fused-ring (bicyclic) bond motifs is 1. The van der Waals surface area contributed by atoms with Crippen LogP contribution in [0.25, 0.3) is 10.9 Å². The Bertz CT molecular complexity index is 1180. The summed E-state index contributed by atoms with van der Waals surface area (Å²) in [7, 11) is 0. The number of nitrogens with zero attached hydrogens (tertiary/aromatic N) is 5. The molecule has 0 radical (unpaired) electrons. The van der Waals surface area contributed by atoms with Gasteiger partial charge in [0.15, 0.2) is 0 Å². The Kier molecular flexibility index (Phi) is 5.28. The molecule has 2 aliphatic rings. The minimum absolute atomic E-state index is 0.158. The first kappa shape index (κ1) is 20.8. The second kappa shape index (κ2) is 8.12. The summed E-state index contributed by atoms with van der Waals surface area (Å²) in [6.07, 6.45) is 6.32. The van der Waals surface area contributed by atoms with Crippen LogP contribution in [-0.4, -0.2) is 49.4 Å². The van der Waals surface area contributed by atoms with Crippen molar-refractivity contribution < 1.29 is 8.78 Å². The van der Waals surface area contributed by atoms with Gasteiger partial charge in [-0.15, -0.1) is 0 Å². The molecule has 32 heavy (non-hydrogen) atoms. The Labute approximate surface area is 183 Å². The molecule has 3 aromatic heterocycles. The van der Waals surface area contributed by atoms with E-state index in [0.29, 0.717) is 23.3 Å². The first-order valence-corrected chi connectivity index (χ1v) is 10.9. The van der Waals surface area contributed by atoms with Crippen molar-refractivity contribution in [3.8, 4) is 0 Å². The molecule has 0 aromatic carbocycles. The highest BCUT2D eigenvalue weighted by molar-refractivity contribution is 5.90. The third kappa shape index (κ3) is 4.29. The summed E-state index contributed by atoms with van der Waals surface area (Å²) in [4.78, 5) is 21.9. The SMILES string of the molecule is CC1(Nc2nc(Nc3cnn(C4CCNCC4)c3)nc3ccn(CC(F)F)c(=O)c23)CC1. The lowest BCUT2D eigenvalue weighted by molar-refractivity contribution is 0.125. The minimum atomic E-state index is -2.62. The fraction of sp³-hybridized carbons (Fsp3) is 0.524. The van der Waals surface area contributed by atoms with E-state index in [9.17, 15) is 13.6 Å². The molecule has 1 aliphatic carbocycles. The quantitative estimate of drug-likeness (QED) is 0.515. The lowest BCUT2D eigenvalue weighted by Gasteiger charge is -2.22. The predicted octanol–water partition coefficient (Wildman–Crippen LogP) is 2.89. The Morgan fingerprint density at radius 1 is 1.28 bits per heavy atom. The number of alkyl halides is 2. The van der Waals surface area contributed by atoms with E-state index >= 15 is 0 Å². The van der Waals surface area contributed by atoms with Crippen LogP contribution in [0.1, 0.15) is 38.6 Å². The van der Waals surface area contributed by atoms with Crippen LogP contribution >= 0.6 is 0 Å². The van der Waals surface area contributed by atoms with Crippen LogP contribution in [0.15, 0.2) is 29.5 Å². The zero-order valence-electron chi connectivity index (χ0n) is 17.8. The van der Waals surface area contributed by atoms with Crippen molar-refractivity contribution >= 4 is 28.4 Å². The second-order valence-corrected chi connectivity index (χ2v) is 8.82. The number of pyridine rings is 1. The molecule has 1 saturated heterocycles. The number of rotatable bonds is 7. The predicted molar refractivity (Wildman–Crippen MR) is 118 cm³/mol. The maximum Gasteiger partial charge on any atom is 0.263 e. The van der Waals surface area contributed by atoms with Crippen LogP contribution in [0.5, 0.6) is 0 Å². The number of hydrogen-bond donors (Lipinski definition) is 3. The Morgan fingerprint density at radius 3 is 2.78 bits per heavy atom. The first-order valence-electron chi connectivity index (χ1n) is 10.9. The summed E-state index contributed by atoms with van der Waals surface area (Å²) in [5, 5.41) is 14.5. The molecule has 3 aromatic rings. The first-order chi connectivity index (χ1) is 15.4. The van der Waals surface area contributed by atoms with Gasteiger partial charge in [0.25, 0.3) is 12.0 Å². The Morgan fingerprint density at radius 2 is 2.06 bits per heavy atom. The molecule has 5 rings (SSSR count). The van der Waals surface area contributed by atoms with Gasteiger partial charge in [-0.1, -0.05) is 0 Å². The summed E-state index contributed by atoms with van der Waals surface area (Å²) >= 11 is 0. The highest BCUT2D eigenvalue weighted by atomic mass is 19.3. The van der Waals surface area contributed by atoms with Crippen molar-refractivity contribution in [3.63, 3.8) is 0 Å². The molecule has 2 fully saturated rings. The van der Waals surface area contributed by atoms with Gasteiger partial charge in [0, 0.05) is 17.9 Å². The summed E-state index contributed by atoms with van der Waals surface area (Å²) in [5.74, 6) is 0.678. The molecule has 0 atom stereocenters. The van der Waals surface area contributed by atoms with Crippen molar-refractivity contribution in [2.45, 2.75) is 57.2 Å². The molecule has 0 unspecified atom stereocenters. The van der Waals surface area contributed by atoms with E-state index in [1.807, 2.05) is 17.8 Å². The molecule has 1 saturated carbocycles. The number of aromatic nitrogens is 5. The highest BCUT2D eigenvalue weighted by Crippen LogP contribution is 2.39. The maximum atomic E-state index is 12.9. The fourth-order valence-electron chi connectivity index (χ4n) is 4.02. The zero-order chi connectivity index (χ0) is 22.3. The van der Waals surface area contributed by atoms with Crippen LogP contribution in [-0.2, 0) is 6.54 Å². The van der Waals surface area contributed by atoms with E-state index in [-0.39, 0.29) is 10.9 Å². The van der Waals surface area contributed by atoms with Gasteiger partial charge in [0.1, 0.15) is 11.2 Å². The van der Waals surface area contributed by atoms with E-state index in [1.54, 1.807) is 12.3 Å². The molecule has 0 spiro atoms. The van der Waals surface area contributed by atoms with Gasteiger partial charge in [-0.05, 0) is 51.8 Å². The van der Waals surface area contributed by atoms with Crippen molar-refractivity contribution in [3.05, 3.63) is 35.0 Å². The van der Waals surface area contributed by atoms with Crippen molar-refractivity contribution in [2.24, 2.45) is 0 Å². The van der Waals surface area contributed by atoms with E-state index in [1.165, 1.54) is 6.20 Å². The Balaban J connectivity index is 1.48. The standard InChI is InChI=1S/C21H26F2N8O/c1-21(5-6-21)29-18-17-15(4-9-30(19(17)32)12-16(22)23)27-20(28-18)26-13-10-25-31(11-13)14-2-7-24-8-3-14/h4,9-11,14,16,24H,2-3,5-8,12H2,1H3,(H2,26,27,28,29). The molecular formula is C21H26F2N8O. The normalized spacial score (nSPS) is 18.2. The molecular weight excluding hydrogens is 418 g/mol. The molecule has 0 bridgehead atoms. The third-order valence-corrected chi connectivity index (χ3v) is 6.12. The van der Waals surface area contributed by atoms with Gasteiger partial charge in [0.05, 0.1) is 30.0 Å². The van der Waals surface area contributed by atoms with Crippen molar-refractivity contribution in [1.29, 1.82) is 0 Å². The van der Waals surface area contributed by atoms with Gasteiger partial charge >= 0.3 is 0 Å². The van der Waals surface area contributed by atoms with Crippen LogP contribution < -0.4 is 21.5 Å². The molecule has 3 N–H and O–H groups in total. The lowest BCUT2D eigenvalue weighted by Crippen LogP contribution is -2.29. The summed E-state index contributed by atoms with van der Waals surface area (Å²) in [6, 6.07) is 1.93. The van der Waals surface area contributed by atoms with Crippen LogP contribution in [0.4, 0.5) is 26.2 Å². The highest BCUT2D eigenvalue weighted by Gasteiger charge is 2.38. The van der Waals surface area contributed by atoms with E-state index in [4.69, 9.17) is 0 Å². The van der Waals surface area contributed by atoms with E-state index in [0.717, 1.165) is 49.0 Å². The fourth-order valence-corrected chi connectivity index (χ4v) is 4.02. The molecule has 1 aliphatic heterocycles. The lowest BCUT2D eigenvalue weighted by atomic mass is 10.1. The largest absolute Gasteiger partial charge is 0.364 e. The van der Waals surface area contributed by atoms with Crippen molar-refractivity contribution in [1.82, 2.24) is 29.6 Å². The molecule has 11 heteroatoms. The summed E-state index contributed by atoms with van der Waals surface area (Å²) < 4.78 is 28.8. The average molecular weight is 444 g/mol. The molecule has 4 heterocycles. The van der Waals surface area contributed by atoms with Gasteiger partial charge < -0.3 is 20.5 Å². The van der Waals surface area contributed by atoms with Gasteiger partial charge in [-0.25, -0.2) is 13.8 Å². The van der Waals surface area contributed by atoms with Crippen LogP contribution in [0.3, 0.4) is 0 Å². The number of piperidine rings is 1. The van der Waals surface area contributed by atoms with E-state index in [2.05, 4.69) is 31.0 Å². The summed E-state index contributed by atoms with van der Waals surface area (Å²) in [5.41, 5.74) is 0.460. The number of hydrogen-bond acceptors (Lipinski definition) is 7. The topological polar surface area (TPSA) is 102 Å². The van der Waals surface area contributed by atoms with Crippen LogP contribution in [0.2, 0.25) is 0 Å². The number of nitrogens with one attached hydrogen (secondary N) is 3. The average Bonchev–Trinajstić information content (AvgIpc) is 3.30. The van der Waals surface area contributed by atoms with E-state index < -0.39 is 18.5 Å². The molecule has 0 amide bonds. The second-order valence-electron chi connectivity index (χ2n) is 8.82. The summed E-state index contributed by atoms with van der Waals surface area (Å²) in [6.45, 7) is 3.31. The monoisotopic (exact) mass is 444 g/mol. The Hall–Kier alpha value is -3.08. The van der Waals surface area contributed by atoms with Gasteiger partial charge in [0.2, 0.25) is 5.95 Å². The molecule has 170 valence electrons. The van der Waals surface area contributed by atoms with Crippen LogP contribution in [0, 0.1) is 0 Å². The smallest absolute Gasteiger partial charge is 0.263 e. The van der Waals surface area contributed by atoms with Gasteiger partial charge in [-0.3, -0.25) is 9.48 Å². The third-order valence-electron chi connectivity index (χ3n) is 6.12. The van der Waals surface area contributed by atoms with Crippen molar-refractivity contribution in [2.75, 3.05) is 23.7 Å².